The molecule has 0 aromatic heterocycles. The van der Waals surface area contributed by atoms with Crippen molar-refractivity contribution in [1.29, 1.82) is 0 Å². The van der Waals surface area contributed by atoms with Crippen molar-refractivity contribution >= 4 is 10.0 Å². The van der Waals surface area contributed by atoms with Crippen LogP contribution in [0.15, 0.2) is 59.5 Å². The summed E-state index contributed by atoms with van der Waals surface area (Å²) in [6.45, 7) is 2.61. The average molecular weight is 346 g/mol. The molecule has 2 rings (SSSR count). The van der Waals surface area contributed by atoms with E-state index in [1.54, 1.807) is 12.1 Å². The lowest BCUT2D eigenvalue weighted by Crippen LogP contribution is -2.26. The van der Waals surface area contributed by atoms with Crippen LogP contribution in [-0.2, 0) is 22.9 Å². The van der Waals surface area contributed by atoms with Gasteiger partial charge in [-0.3, -0.25) is 0 Å². The lowest BCUT2D eigenvalue weighted by molar-refractivity contribution is 0.581. The molecule has 0 bridgehead atoms. The van der Waals surface area contributed by atoms with Crippen LogP contribution >= 0.6 is 0 Å². The highest BCUT2D eigenvalue weighted by molar-refractivity contribution is 7.89. The summed E-state index contributed by atoms with van der Waals surface area (Å²) in [5, 5.41) is 0. The number of benzene rings is 2. The molecule has 130 valence electrons. The Morgan fingerprint density at radius 2 is 1.46 bits per heavy atom. The second kappa shape index (κ2) is 9.60. The number of hydrogen-bond donors (Lipinski definition) is 1. The predicted molar refractivity (Wildman–Crippen MR) is 99.6 cm³/mol. The van der Waals surface area contributed by atoms with Crippen LogP contribution in [0.2, 0.25) is 0 Å². The number of sulfonamides is 1. The van der Waals surface area contributed by atoms with Gasteiger partial charge in [-0.05, 0) is 42.5 Å². The lowest BCUT2D eigenvalue weighted by Gasteiger charge is -2.08. The highest BCUT2D eigenvalue weighted by Crippen LogP contribution is 2.13. The molecule has 0 aliphatic rings. The second-order valence-electron chi connectivity index (χ2n) is 6.09. The molecule has 4 heteroatoms. The zero-order chi connectivity index (χ0) is 17.3. The monoisotopic (exact) mass is 345 g/mol. The molecular formula is C20H27NO2S. The maximum Gasteiger partial charge on any atom is 0.240 e. The first-order valence-electron chi connectivity index (χ1n) is 8.74. The van der Waals surface area contributed by atoms with E-state index in [-0.39, 0.29) is 0 Å². The van der Waals surface area contributed by atoms with Crippen LogP contribution in [0.5, 0.6) is 0 Å². The molecule has 0 aliphatic heterocycles. The molecule has 0 saturated carbocycles. The molecule has 0 heterocycles. The molecule has 3 nitrogen and oxygen atoms in total. The molecule has 0 unspecified atom stereocenters. The number of unbranched alkanes of at least 4 members (excludes halogenated alkanes) is 3. The first-order chi connectivity index (χ1) is 11.6. The van der Waals surface area contributed by atoms with Gasteiger partial charge in [0, 0.05) is 6.54 Å². The summed E-state index contributed by atoms with van der Waals surface area (Å²) in [4.78, 5) is 0.341. The van der Waals surface area contributed by atoms with Gasteiger partial charge in [-0.25, -0.2) is 13.1 Å². The maximum absolute atomic E-state index is 12.3. The third-order valence-electron chi connectivity index (χ3n) is 4.10. The number of hydrogen-bond acceptors (Lipinski definition) is 2. The highest BCUT2D eigenvalue weighted by atomic mass is 32.2. The molecule has 0 radical (unpaired) electrons. The van der Waals surface area contributed by atoms with Crippen LogP contribution in [0.1, 0.15) is 43.7 Å². The quantitative estimate of drug-likeness (QED) is 0.652. The fourth-order valence-electron chi connectivity index (χ4n) is 2.65. The van der Waals surface area contributed by atoms with Crippen molar-refractivity contribution in [1.82, 2.24) is 4.72 Å². The first-order valence-corrected chi connectivity index (χ1v) is 10.2. The van der Waals surface area contributed by atoms with E-state index in [1.165, 1.54) is 24.8 Å². The van der Waals surface area contributed by atoms with E-state index < -0.39 is 10.0 Å². The van der Waals surface area contributed by atoms with Crippen molar-refractivity contribution in [3.63, 3.8) is 0 Å². The fraction of sp³-hybridized carbons (Fsp3) is 0.400. The summed E-state index contributed by atoms with van der Waals surface area (Å²) < 4.78 is 27.3. The van der Waals surface area contributed by atoms with Gasteiger partial charge in [0.2, 0.25) is 10.0 Å². The maximum atomic E-state index is 12.3. The van der Waals surface area contributed by atoms with E-state index in [2.05, 4.69) is 11.6 Å². The Bertz CT molecular complexity index is 694. The van der Waals surface area contributed by atoms with Gasteiger partial charge in [-0.1, -0.05) is 68.7 Å². The SMILES string of the molecule is CCCCCCc1ccc(S(=O)(=O)NCCc2ccccc2)cc1. The minimum atomic E-state index is -3.43. The molecule has 0 amide bonds. The zero-order valence-electron chi connectivity index (χ0n) is 14.4. The van der Waals surface area contributed by atoms with Crippen LogP contribution in [0.25, 0.3) is 0 Å². The molecule has 2 aromatic rings. The van der Waals surface area contributed by atoms with Gasteiger partial charge in [0.05, 0.1) is 4.90 Å². The van der Waals surface area contributed by atoms with Gasteiger partial charge >= 0.3 is 0 Å². The van der Waals surface area contributed by atoms with E-state index in [1.807, 2.05) is 42.5 Å². The molecule has 0 atom stereocenters. The van der Waals surface area contributed by atoms with Gasteiger partial charge in [-0.15, -0.1) is 0 Å². The Morgan fingerprint density at radius 1 is 0.792 bits per heavy atom. The van der Waals surface area contributed by atoms with Crippen molar-refractivity contribution in [2.45, 2.75) is 50.3 Å². The molecule has 24 heavy (non-hydrogen) atoms. The molecule has 2 aromatic carbocycles. The summed E-state index contributed by atoms with van der Waals surface area (Å²) in [7, 11) is -3.43. The average Bonchev–Trinajstić information content (AvgIpc) is 2.60. The van der Waals surface area contributed by atoms with Crippen molar-refractivity contribution in [2.75, 3.05) is 6.54 Å². The topological polar surface area (TPSA) is 46.2 Å². The van der Waals surface area contributed by atoms with Gasteiger partial charge < -0.3 is 0 Å². The van der Waals surface area contributed by atoms with E-state index in [0.717, 1.165) is 18.4 Å². The minimum Gasteiger partial charge on any atom is -0.211 e. The summed E-state index contributed by atoms with van der Waals surface area (Å²) in [5.74, 6) is 0. The van der Waals surface area contributed by atoms with Crippen LogP contribution in [0, 0.1) is 0 Å². The first kappa shape index (κ1) is 18.7. The van der Waals surface area contributed by atoms with E-state index in [0.29, 0.717) is 17.9 Å². The van der Waals surface area contributed by atoms with Crippen molar-refractivity contribution in [2.24, 2.45) is 0 Å². The van der Waals surface area contributed by atoms with Gasteiger partial charge in [0.15, 0.2) is 0 Å². The number of rotatable bonds is 10. The number of nitrogens with one attached hydrogen (secondary N) is 1. The minimum absolute atomic E-state index is 0.341. The van der Waals surface area contributed by atoms with E-state index in [4.69, 9.17) is 0 Å². The lowest BCUT2D eigenvalue weighted by atomic mass is 10.1. The molecule has 0 spiro atoms. The van der Waals surface area contributed by atoms with Crippen LogP contribution in [0.3, 0.4) is 0 Å². The molecule has 0 saturated heterocycles. The Hall–Kier alpha value is -1.65. The summed E-state index contributed by atoms with van der Waals surface area (Å²) in [6, 6.07) is 17.2. The highest BCUT2D eigenvalue weighted by Gasteiger charge is 2.12. The normalized spacial score (nSPS) is 11.5. The van der Waals surface area contributed by atoms with Gasteiger partial charge in [0.25, 0.3) is 0 Å². The predicted octanol–water partition coefficient (Wildman–Crippen LogP) is 4.33. The Morgan fingerprint density at radius 3 is 2.12 bits per heavy atom. The van der Waals surface area contributed by atoms with Crippen LogP contribution in [-0.4, -0.2) is 15.0 Å². The summed E-state index contributed by atoms with van der Waals surface area (Å²) in [6.07, 6.45) is 6.59. The molecular weight excluding hydrogens is 318 g/mol. The summed E-state index contributed by atoms with van der Waals surface area (Å²) >= 11 is 0. The van der Waals surface area contributed by atoms with Crippen molar-refractivity contribution in [3.05, 3.63) is 65.7 Å². The Kier molecular flexibility index (Phi) is 7.47. The van der Waals surface area contributed by atoms with Crippen LogP contribution < -0.4 is 4.72 Å². The van der Waals surface area contributed by atoms with Crippen LogP contribution in [0.4, 0.5) is 0 Å². The summed E-state index contributed by atoms with van der Waals surface area (Å²) in [5.41, 5.74) is 2.33. The fourth-order valence-corrected chi connectivity index (χ4v) is 3.68. The molecule has 0 fully saturated rings. The third kappa shape index (κ3) is 6.10. The van der Waals surface area contributed by atoms with E-state index >= 15 is 0 Å². The second-order valence-corrected chi connectivity index (χ2v) is 7.85. The zero-order valence-corrected chi connectivity index (χ0v) is 15.2. The third-order valence-corrected chi connectivity index (χ3v) is 5.58. The van der Waals surface area contributed by atoms with Gasteiger partial charge in [-0.2, -0.15) is 0 Å². The van der Waals surface area contributed by atoms with Crippen molar-refractivity contribution < 1.29 is 8.42 Å². The van der Waals surface area contributed by atoms with E-state index in [9.17, 15) is 8.42 Å². The molecule has 0 aliphatic carbocycles. The molecule has 1 N–H and O–H groups in total. The Balaban J connectivity index is 1.84. The largest absolute Gasteiger partial charge is 0.240 e. The van der Waals surface area contributed by atoms with Gasteiger partial charge in [0.1, 0.15) is 0 Å². The standard InChI is InChI=1S/C20H27NO2S/c1-2-3-4-6-11-19-12-14-20(15-13-19)24(22,23)21-17-16-18-9-7-5-8-10-18/h5,7-10,12-15,21H,2-4,6,11,16-17H2,1H3. The number of aryl methyl sites for hydroxylation is 1. The van der Waals surface area contributed by atoms with Crippen molar-refractivity contribution in [3.8, 4) is 0 Å². The smallest absolute Gasteiger partial charge is 0.211 e. The Labute approximate surface area is 146 Å².